The Morgan fingerprint density at radius 3 is 2.37 bits per heavy atom. The summed E-state index contributed by atoms with van der Waals surface area (Å²) in [5.41, 5.74) is 3.05. The summed E-state index contributed by atoms with van der Waals surface area (Å²) in [6, 6.07) is 20.0. The van der Waals surface area contributed by atoms with Gasteiger partial charge in [0.2, 0.25) is 0 Å². The molecule has 5 aromatic rings. The van der Waals surface area contributed by atoms with Gasteiger partial charge in [0.25, 0.3) is 10.0 Å². The molecule has 1 fully saturated rings. The van der Waals surface area contributed by atoms with Gasteiger partial charge in [-0.3, -0.25) is 4.90 Å². The third-order valence-electron chi connectivity index (χ3n) is 7.11. The molecule has 0 unspecified atom stereocenters. The first-order chi connectivity index (χ1) is 18.5. The lowest BCUT2D eigenvalue weighted by Gasteiger charge is -2.26. The van der Waals surface area contributed by atoms with Gasteiger partial charge < -0.3 is 5.11 Å². The lowest BCUT2D eigenvalue weighted by molar-refractivity contribution is 0.221. The van der Waals surface area contributed by atoms with E-state index in [1.54, 1.807) is 24.4 Å². The summed E-state index contributed by atoms with van der Waals surface area (Å²) in [6.45, 7) is 3.17. The maximum absolute atomic E-state index is 13.7. The predicted molar refractivity (Wildman–Crippen MR) is 145 cm³/mol. The minimum Gasteiger partial charge on any atom is -0.504 e. The van der Waals surface area contributed by atoms with Gasteiger partial charge in [0.15, 0.2) is 17.1 Å². The third-order valence-corrected chi connectivity index (χ3v) is 8.83. The number of piperidine rings is 1. The fourth-order valence-electron chi connectivity index (χ4n) is 5.19. The van der Waals surface area contributed by atoms with Crippen molar-refractivity contribution in [1.29, 1.82) is 5.26 Å². The van der Waals surface area contributed by atoms with Crippen LogP contribution in [0.4, 0.5) is 0 Å². The zero-order valence-electron chi connectivity index (χ0n) is 20.6. The molecule has 2 aromatic carbocycles. The van der Waals surface area contributed by atoms with E-state index in [4.69, 9.17) is 0 Å². The van der Waals surface area contributed by atoms with E-state index in [2.05, 4.69) is 27.0 Å². The van der Waals surface area contributed by atoms with Crippen LogP contribution in [0.2, 0.25) is 0 Å². The molecule has 9 heteroatoms. The van der Waals surface area contributed by atoms with E-state index < -0.39 is 10.0 Å². The molecule has 38 heavy (non-hydrogen) atoms. The molecule has 3 aromatic heterocycles. The number of benzene rings is 2. The Balaban J connectivity index is 1.49. The summed E-state index contributed by atoms with van der Waals surface area (Å²) in [5, 5.41) is 21.0. The number of hydrogen-bond donors (Lipinski definition) is 1. The number of fused-ring (bicyclic) bond motifs is 3. The Hall–Kier alpha value is -4.26. The van der Waals surface area contributed by atoms with Crippen LogP contribution in [0, 0.1) is 11.3 Å². The highest BCUT2D eigenvalue weighted by molar-refractivity contribution is 7.90. The van der Waals surface area contributed by atoms with E-state index in [0.717, 1.165) is 34.7 Å². The number of nitrogens with zero attached hydrogens (tertiary/aromatic N) is 5. The molecule has 0 saturated carbocycles. The SMILES string of the molecule is N#Cc1ncc2c(c1O)c1cc(-c3ccc(CN4CCCCC4)cc3)cnc1n2S(=O)(=O)c1ccccc1. The fraction of sp³-hybridized carbons (Fsp3) is 0.207. The van der Waals surface area contributed by atoms with Gasteiger partial charge in [-0.25, -0.2) is 22.4 Å². The normalized spacial score (nSPS) is 14.6. The molecule has 1 N–H and O–H groups in total. The zero-order valence-corrected chi connectivity index (χ0v) is 21.4. The average Bonchev–Trinajstić information content (AvgIpc) is 3.30. The van der Waals surface area contributed by atoms with Gasteiger partial charge in [0.05, 0.1) is 22.0 Å². The van der Waals surface area contributed by atoms with Crippen molar-refractivity contribution in [2.75, 3.05) is 13.1 Å². The number of aromatic hydroxyl groups is 1. The van der Waals surface area contributed by atoms with E-state index in [0.29, 0.717) is 5.39 Å². The smallest absolute Gasteiger partial charge is 0.269 e. The van der Waals surface area contributed by atoms with E-state index >= 15 is 0 Å². The first-order valence-corrected chi connectivity index (χ1v) is 14.0. The number of likely N-dealkylation sites (tertiary alicyclic amines) is 1. The highest BCUT2D eigenvalue weighted by Gasteiger charge is 2.27. The van der Waals surface area contributed by atoms with Gasteiger partial charge in [0, 0.05) is 23.7 Å². The quantitative estimate of drug-likeness (QED) is 0.343. The summed E-state index contributed by atoms with van der Waals surface area (Å²) >= 11 is 0. The Kier molecular flexibility index (Phi) is 6.06. The van der Waals surface area contributed by atoms with Crippen LogP contribution in [0.25, 0.3) is 33.1 Å². The van der Waals surface area contributed by atoms with Crippen molar-refractivity contribution in [3.05, 3.63) is 84.3 Å². The molecule has 6 rings (SSSR count). The molecular weight excluding hydrogens is 498 g/mol. The van der Waals surface area contributed by atoms with E-state index in [1.807, 2.05) is 24.3 Å². The molecular formula is C29H25N5O3S. The van der Waals surface area contributed by atoms with Crippen LogP contribution in [-0.2, 0) is 16.6 Å². The van der Waals surface area contributed by atoms with Crippen molar-refractivity contribution in [3.8, 4) is 22.9 Å². The van der Waals surface area contributed by atoms with Crippen LogP contribution < -0.4 is 0 Å². The van der Waals surface area contributed by atoms with Crippen molar-refractivity contribution in [1.82, 2.24) is 18.8 Å². The lowest BCUT2D eigenvalue weighted by atomic mass is 10.0. The largest absolute Gasteiger partial charge is 0.504 e. The first kappa shape index (κ1) is 24.1. The van der Waals surface area contributed by atoms with Gasteiger partial charge in [0.1, 0.15) is 6.07 Å². The van der Waals surface area contributed by atoms with Gasteiger partial charge >= 0.3 is 0 Å². The second kappa shape index (κ2) is 9.56. The molecule has 0 amide bonds. The summed E-state index contributed by atoms with van der Waals surface area (Å²) in [7, 11) is -4.07. The molecule has 0 spiro atoms. The summed E-state index contributed by atoms with van der Waals surface area (Å²) in [4.78, 5) is 11.1. The predicted octanol–water partition coefficient (Wildman–Crippen LogP) is 5.05. The highest BCUT2D eigenvalue weighted by atomic mass is 32.2. The highest BCUT2D eigenvalue weighted by Crippen LogP contribution is 2.39. The van der Waals surface area contributed by atoms with E-state index in [9.17, 15) is 18.8 Å². The standard InChI is InChI=1S/C29H25N5O3S/c30-16-25-28(35)27-24-15-22(21-11-9-20(10-12-21)19-33-13-5-2-6-14-33)17-32-29(24)34(26(27)18-31-25)38(36,37)23-7-3-1-4-8-23/h1,3-4,7-12,15,17-18,35H,2,5-6,13-14,19H2. The van der Waals surface area contributed by atoms with Crippen LogP contribution in [0.5, 0.6) is 5.75 Å². The minimum absolute atomic E-state index is 0.0813. The van der Waals surface area contributed by atoms with Gasteiger partial charge in [-0.05, 0) is 55.3 Å². The molecule has 190 valence electrons. The molecule has 0 radical (unpaired) electrons. The number of hydrogen-bond acceptors (Lipinski definition) is 7. The second-order valence-electron chi connectivity index (χ2n) is 9.54. The summed E-state index contributed by atoms with van der Waals surface area (Å²) < 4.78 is 28.5. The number of aromatic nitrogens is 3. The van der Waals surface area contributed by atoms with Crippen LogP contribution in [-0.4, -0.2) is 45.5 Å². The second-order valence-corrected chi connectivity index (χ2v) is 11.3. The lowest BCUT2D eigenvalue weighted by Crippen LogP contribution is -2.28. The van der Waals surface area contributed by atoms with Crippen molar-refractivity contribution in [2.45, 2.75) is 30.7 Å². The Morgan fingerprint density at radius 2 is 1.66 bits per heavy atom. The number of pyridine rings is 2. The van der Waals surface area contributed by atoms with Crippen molar-refractivity contribution < 1.29 is 13.5 Å². The van der Waals surface area contributed by atoms with E-state index in [-0.39, 0.29) is 32.9 Å². The Labute approximate surface area is 220 Å². The van der Waals surface area contributed by atoms with Crippen molar-refractivity contribution >= 4 is 32.0 Å². The van der Waals surface area contributed by atoms with Crippen molar-refractivity contribution in [3.63, 3.8) is 0 Å². The molecule has 0 aliphatic carbocycles. The molecule has 4 heterocycles. The molecule has 1 saturated heterocycles. The maximum Gasteiger partial charge on any atom is 0.269 e. The first-order valence-electron chi connectivity index (χ1n) is 12.5. The topological polar surface area (TPSA) is 112 Å². The molecule has 0 bridgehead atoms. The molecule has 1 aliphatic heterocycles. The van der Waals surface area contributed by atoms with Crippen LogP contribution in [0.15, 0.2) is 78.0 Å². The van der Waals surface area contributed by atoms with Crippen molar-refractivity contribution in [2.24, 2.45) is 0 Å². The Morgan fingerprint density at radius 1 is 0.921 bits per heavy atom. The molecule has 0 atom stereocenters. The fourth-order valence-corrected chi connectivity index (χ4v) is 6.67. The zero-order chi connectivity index (χ0) is 26.3. The van der Waals surface area contributed by atoms with Gasteiger partial charge in [-0.1, -0.05) is 48.9 Å². The number of nitriles is 1. The average molecular weight is 524 g/mol. The third kappa shape index (κ3) is 4.08. The van der Waals surface area contributed by atoms with Crippen LogP contribution >= 0.6 is 0 Å². The summed E-state index contributed by atoms with van der Waals surface area (Å²) in [6.07, 6.45) is 6.72. The maximum atomic E-state index is 13.7. The van der Waals surface area contributed by atoms with Crippen LogP contribution in [0.1, 0.15) is 30.5 Å². The van der Waals surface area contributed by atoms with Crippen LogP contribution in [0.3, 0.4) is 0 Å². The van der Waals surface area contributed by atoms with Gasteiger partial charge in [-0.15, -0.1) is 0 Å². The monoisotopic (exact) mass is 523 g/mol. The van der Waals surface area contributed by atoms with Gasteiger partial charge in [-0.2, -0.15) is 5.26 Å². The summed E-state index contributed by atoms with van der Waals surface area (Å²) in [5.74, 6) is -0.368. The Bertz CT molecular complexity index is 1800. The molecule has 8 nitrogen and oxygen atoms in total. The van der Waals surface area contributed by atoms with E-state index in [1.165, 1.54) is 43.2 Å². The number of rotatable bonds is 5. The molecule has 1 aliphatic rings. The minimum atomic E-state index is -4.07.